The maximum absolute atomic E-state index is 5.35. The van der Waals surface area contributed by atoms with Crippen molar-refractivity contribution >= 4 is 11.3 Å². The van der Waals surface area contributed by atoms with Crippen molar-refractivity contribution in [2.45, 2.75) is 46.6 Å². The van der Waals surface area contributed by atoms with E-state index in [2.05, 4.69) is 41.2 Å². The molecule has 0 bridgehead atoms. The average Bonchev–Trinajstić information content (AvgIpc) is 2.99. The SMILES string of the molecule is CCNC(Cc1nc(Cc2nc(C)cs2)no1)C(C)C. The first-order chi connectivity index (χ1) is 9.58. The van der Waals surface area contributed by atoms with Gasteiger partial charge in [-0.15, -0.1) is 11.3 Å². The molecule has 0 radical (unpaired) electrons. The summed E-state index contributed by atoms with van der Waals surface area (Å²) in [6.07, 6.45) is 1.42. The third-order valence-electron chi connectivity index (χ3n) is 3.15. The molecule has 1 atom stereocenters. The second-order valence-corrected chi connectivity index (χ2v) is 6.22. The van der Waals surface area contributed by atoms with Crippen LogP contribution in [0.1, 0.15) is 43.2 Å². The fourth-order valence-electron chi connectivity index (χ4n) is 2.06. The fourth-order valence-corrected chi connectivity index (χ4v) is 2.83. The van der Waals surface area contributed by atoms with Gasteiger partial charge in [0.25, 0.3) is 0 Å². The standard InChI is InChI=1S/C14H22N4OS/c1-5-15-11(9(2)3)6-13-17-12(18-19-13)7-14-16-10(4)8-20-14/h8-9,11,15H,5-7H2,1-4H3. The Hall–Kier alpha value is -1.27. The van der Waals surface area contributed by atoms with Crippen molar-refractivity contribution in [3.8, 4) is 0 Å². The molecular formula is C14H22N4OS. The van der Waals surface area contributed by atoms with Gasteiger partial charge in [0.1, 0.15) is 5.01 Å². The molecule has 2 rings (SSSR count). The summed E-state index contributed by atoms with van der Waals surface area (Å²) in [5.74, 6) is 1.95. The normalized spacial score (nSPS) is 13.1. The molecule has 2 aromatic heterocycles. The quantitative estimate of drug-likeness (QED) is 0.850. The maximum Gasteiger partial charge on any atom is 0.228 e. The van der Waals surface area contributed by atoms with Crippen molar-refractivity contribution in [1.29, 1.82) is 0 Å². The first-order valence-electron chi connectivity index (χ1n) is 7.04. The molecule has 2 heterocycles. The van der Waals surface area contributed by atoms with Gasteiger partial charge in [0, 0.05) is 23.5 Å². The lowest BCUT2D eigenvalue weighted by Gasteiger charge is -2.19. The second-order valence-electron chi connectivity index (χ2n) is 5.28. The van der Waals surface area contributed by atoms with Crippen LogP contribution >= 0.6 is 11.3 Å². The van der Waals surface area contributed by atoms with Crippen LogP contribution in [-0.4, -0.2) is 27.7 Å². The van der Waals surface area contributed by atoms with E-state index >= 15 is 0 Å². The third kappa shape index (κ3) is 4.11. The van der Waals surface area contributed by atoms with Crippen molar-refractivity contribution in [2.75, 3.05) is 6.54 Å². The number of hydrogen-bond acceptors (Lipinski definition) is 6. The zero-order chi connectivity index (χ0) is 14.5. The van der Waals surface area contributed by atoms with E-state index in [0.717, 1.165) is 23.7 Å². The first-order valence-corrected chi connectivity index (χ1v) is 7.92. The molecule has 110 valence electrons. The van der Waals surface area contributed by atoms with Crippen molar-refractivity contribution in [3.63, 3.8) is 0 Å². The molecule has 0 aliphatic heterocycles. The lowest BCUT2D eigenvalue weighted by molar-refractivity contribution is 0.327. The molecule has 0 saturated heterocycles. The van der Waals surface area contributed by atoms with Crippen LogP contribution in [0.5, 0.6) is 0 Å². The maximum atomic E-state index is 5.35. The summed E-state index contributed by atoms with van der Waals surface area (Å²) < 4.78 is 5.35. The van der Waals surface area contributed by atoms with Crippen LogP contribution < -0.4 is 5.32 Å². The molecule has 0 aliphatic rings. The van der Waals surface area contributed by atoms with Crippen LogP contribution in [0.15, 0.2) is 9.90 Å². The van der Waals surface area contributed by atoms with Gasteiger partial charge in [-0.2, -0.15) is 4.98 Å². The van der Waals surface area contributed by atoms with Gasteiger partial charge in [0.2, 0.25) is 5.89 Å². The molecule has 6 heteroatoms. The molecular weight excluding hydrogens is 272 g/mol. The van der Waals surface area contributed by atoms with Gasteiger partial charge < -0.3 is 9.84 Å². The van der Waals surface area contributed by atoms with Crippen LogP contribution in [-0.2, 0) is 12.8 Å². The summed E-state index contributed by atoms with van der Waals surface area (Å²) >= 11 is 1.64. The summed E-state index contributed by atoms with van der Waals surface area (Å²) in [6, 6.07) is 0.371. The molecule has 0 fully saturated rings. The number of rotatable bonds is 7. The Balaban J connectivity index is 1.97. The summed E-state index contributed by atoms with van der Waals surface area (Å²) in [4.78, 5) is 8.89. The molecule has 1 N–H and O–H groups in total. The predicted molar refractivity (Wildman–Crippen MR) is 80.0 cm³/mol. The highest BCUT2D eigenvalue weighted by atomic mass is 32.1. The number of aromatic nitrogens is 3. The highest BCUT2D eigenvalue weighted by molar-refractivity contribution is 7.09. The molecule has 2 aromatic rings. The number of likely N-dealkylation sites (N-methyl/N-ethyl adjacent to an activating group) is 1. The van der Waals surface area contributed by atoms with Crippen LogP contribution in [0, 0.1) is 12.8 Å². The zero-order valence-corrected chi connectivity index (χ0v) is 13.3. The third-order valence-corrected chi connectivity index (χ3v) is 4.12. The van der Waals surface area contributed by atoms with Crippen LogP contribution in [0.3, 0.4) is 0 Å². The van der Waals surface area contributed by atoms with Gasteiger partial charge in [-0.3, -0.25) is 0 Å². The minimum Gasteiger partial charge on any atom is -0.339 e. The number of aryl methyl sites for hydroxylation is 1. The van der Waals surface area contributed by atoms with Crippen LogP contribution in [0.2, 0.25) is 0 Å². The highest BCUT2D eigenvalue weighted by Crippen LogP contribution is 2.14. The van der Waals surface area contributed by atoms with E-state index in [1.54, 1.807) is 11.3 Å². The monoisotopic (exact) mass is 294 g/mol. The van der Waals surface area contributed by atoms with Gasteiger partial charge in [0.05, 0.1) is 6.42 Å². The average molecular weight is 294 g/mol. The van der Waals surface area contributed by atoms with Crippen LogP contribution in [0.25, 0.3) is 0 Å². The Labute approximate surface area is 123 Å². The minimum atomic E-state index is 0.371. The molecule has 1 unspecified atom stereocenters. The summed E-state index contributed by atoms with van der Waals surface area (Å²) in [6.45, 7) is 9.44. The lowest BCUT2D eigenvalue weighted by atomic mass is 10.0. The largest absolute Gasteiger partial charge is 0.339 e. The van der Waals surface area contributed by atoms with E-state index in [1.165, 1.54) is 0 Å². The molecule has 0 aromatic carbocycles. The molecule has 0 spiro atoms. The summed E-state index contributed by atoms with van der Waals surface area (Å²) in [5.41, 5.74) is 1.04. The van der Waals surface area contributed by atoms with E-state index in [4.69, 9.17) is 4.52 Å². The van der Waals surface area contributed by atoms with Crippen molar-refractivity contribution in [2.24, 2.45) is 5.92 Å². The first kappa shape index (κ1) is 15.1. The van der Waals surface area contributed by atoms with Gasteiger partial charge in [-0.05, 0) is 19.4 Å². The van der Waals surface area contributed by atoms with Gasteiger partial charge >= 0.3 is 0 Å². The fraction of sp³-hybridized carbons (Fsp3) is 0.643. The van der Waals surface area contributed by atoms with Gasteiger partial charge in [-0.1, -0.05) is 25.9 Å². The summed E-state index contributed by atoms with van der Waals surface area (Å²) in [5, 5.41) is 10.6. The van der Waals surface area contributed by atoms with Crippen LogP contribution in [0.4, 0.5) is 0 Å². The zero-order valence-electron chi connectivity index (χ0n) is 12.5. The van der Waals surface area contributed by atoms with E-state index in [9.17, 15) is 0 Å². The van der Waals surface area contributed by atoms with E-state index < -0.39 is 0 Å². The topological polar surface area (TPSA) is 63.8 Å². The number of nitrogens with one attached hydrogen (secondary N) is 1. The Kier molecular flexibility index (Phi) is 5.25. The molecule has 0 amide bonds. The Morgan fingerprint density at radius 2 is 2.15 bits per heavy atom. The number of nitrogens with zero attached hydrogens (tertiary/aromatic N) is 3. The van der Waals surface area contributed by atoms with Gasteiger partial charge in [0.15, 0.2) is 5.82 Å². The van der Waals surface area contributed by atoms with E-state index in [1.807, 2.05) is 12.3 Å². The molecule has 0 saturated carbocycles. The molecule has 20 heavy (non-hydrogen) atoms. The van der Waals surface area contributed by atoms with Gasteiger partial charge in [-0.25, -0.2) is 4.98 Å². The Bertz CT molecular complexity index is 535. The smallest absolute Gasteiger partial charge is 0.228 e. The van der Waals surface area contributed by atoms with Crippen molar-refractivity contribution < 1.29 is 4.52 Å². The van der Waals surface area contributed by atoms with E-state index in [0.29, 0.717) is 30.1 Å². The predicted octanol–water partition coefficient (Wildman–Crippen LogP) is 2.60. The Morgan fingerprint density at radius 1 is 1.35 bits per heavy atom. The highest BCUT2D eigenvalue weighted by Gasteiger charge is 2.17. The van der Waals surface area contributed by atoms with Crippen molar-refractivity contribution in [3.05, 3.63) is 27.8 Å². The number of hydrogen-bond donors (Lipinski definition) is 1. The minimum absolute atomic E-state index is 0.371. The molecule has 0 aliphatic carbocycles. The molecule has 5 nitrogen and oxygen atoms in total. The number of thiazole rings is 1. The van der Waals surface area contributed by atoms with Crippen molar-refractivity contribution in [1.82, 2.24) is 20.4 Å². The summed E-state index contributed by atoms with van der Waals surface area (Å²) in [7, 11) is 0. The second kappa shape index (κ2) is 6.95. The lowest BCUT2D eigenvalue weighted by Crippen LogP contribution is -2.35. The van der Waals surface area contributed by atoms with E-state index in [-0.39, 0.29) is 0 Å². The Morgan fingerprint density at radius 3 is 2.75 bits per heavy atom.